The third-order valence-corrected chi connectivity index (χ3v) is 4.42. The normalized spacial score (nSPS) is 12.6. The molecule has 0 aliphatic rings. The van der Waals surface area contributed by atoms with Gasteiger partial charge in [0.05, 0.1) is 0 Å². The molecule has 1 aromatic carbocycles. The summed E-state index contributed by atoms with van der Waals surface area (Å²) in [5.41, 5.74) is 1.29. The number of H-pyrrole nitrogens is 1. The van der Waals surface area contributed by atoms with Crippen LogP contribution in [0.15, 0.2) is 45.1 Å². The summed E-state index contributed by atoms with van der Waals surface area (Å²) in [5, 5.41) is 4.41. The first kappa shape index (κ1) is 14.6. The van der Waals surface area contributed by atoms with E-state index in [-0.39, 0.29) is 0 Å². The second-order valence-electron chi connectivity index (χ2n) is 4.36. The summed E-state index contributed by atoms with van der Waals surface area (Å²) in [6.45, 7) is 5.41. The van der Waals surface area contributed by atoms with Gasteiger partial charge in [-0.25, -0.2) is 4.98 Å². The van der Waals surface area contributed by atoms with Crippen LogP contribution in [0.25, 0.3) is 0 Å². The van der Waals surface area contributed by atoms with Gasteiger partial charge in [-0.3, -0.25) is 0 Å². The number of nitrogens with zero attached hydrogens (tertiary/aromatic N) is 1. The number of aromatic nitrogens is 2. The molecular formula is C14H18BrN3S. The van der Waals surface area contributed by atoms with E-state index in [0.29, 0.717) is 6.04 Å². The van der Waals surface area contributed by atoms with Crippen molar-refractivity contribution < 1.29 is 0 Å². The second-order valence-corrected chi connectivity index (χ2v) is 6.27. The van der Waals surface area contributed by atoms with E-state index in [1.165, 1.54) is 10.5 Å². The molecule has 102 valence electrons. The zero-order valence-corrected chi connectivity index (χ0v) is 13.5. The summed E-state index contributed by atoms with van der Waals surface area (Å²) >= 11 is 5.29. The van der Waals surface area contributed by atoms with Crippen molar-refractivity contribution in [3.05, 3.63) is 40.6 Å². The molecule has 2 N–H and O–H groups in total. The zero-order valence-electron chi connectivity index (χ0n) is 11.1. The molecule has 0 fully saturated rings. The molecule has 2 aromatic rings. The van der Waals surface area contributed by atoms with Gasteiger partial charge >= 0.3 is 0 Å². The van der Waals surface area contributed by atoms with Gasteiger partial charge in [0.2, 0.25) is 0 Å². The Kier molecular flexibility index (Phi) is 5.48. The largest absolute Gasteiger partial charge is 0.339 e. The Morgan fingerprint density at radius 2 is 2.32 bits per heavy atom. The minimum absolute atomic E-state index is 0.358. The highest BCUT2D eigenvalue weighted by molar-refractivity contribution is 9.10. The maximum atomic E-state index is 4.22. The lowest BCUT2D eigenvalue weighted by atomic mass is 10.1. The van der Waals surface area contributed by atoms with E-state index in [1.807, 2.05) is 6.20 Å². The second kappa shape index (κ2) is 7.12. The Morgan fingerprint density at radius 3 is 2.95 bits per heavy atom. The zero-order chi connectivity index (χ0) is 13.7. The topological polar surface area (TPSA) is 40.7 Å². The van der Waals surface area contributed by atoms with Crippen molar-refractivity contribution in [2.45, 2.75) is 36.4 Å². The van der Waals surface area contributed by atoms with Crippen LogP contribution in [0.1, 0.15) is 31.9 Å². The van der Waals surface area contributed by atoms with E-state index in [1.54, 1.807) is 18.0 Å². The number of hydrogen-bond acceptors (Lipinski definition) is 3. The smallest absolute Gasteiger partial charge is 0.170 e. The first-order valence-corrected chi connectivity index (χ1v) is 8.01. The minimum atomic E-state index is 0.358. The Labute approximate surface area is 126 Å². The highest BCUT2D eigenvalue weighted by atomic mass is 79.9. The van der Waals surface area contributed by atoms with Gasteiger partial charge in [0, 0.05) is 27.8 Å². The van der Waals surface area contributed by atoms with Crippen molar-refractivity contribution in [2.75, 3.05) is 6.54 Å². The summed E-state index contributed by atoms with van der Waals surface area (Å²) < 4.78 is 1.14. The average Bonchev–Trinajstić information content (AvgIpc) is 2.89. The number of imidazole rings is 1. The van der Waals surface area contributed by atoms with Gasteiger partial charge in [-0.1, -0.05) is 40.7 Å². The molecule has 1 unspecified atom stereocenters. The first-order chi connectivity index (χ1) is 9.20. The van der Waals surface area contributed by atoms with Gasteiger partial charge in [-0.2, -0.15) is 0 Å². The van der Waals surface area contributed by atoms with Crippen LogP contribution in [0.4, 0.5) is 0 Å². The molecule has 0 aliphatic carbocycles. The van der Waals surface area contributed by atoms with E-state index in [2.05, 4.69) is 63.3 Å². The molecule has 0 aliphatic heterocycles. The molecule has 0 radical (unpaired) electrons. The van der Waals surface area contributed by atoms with Crippen LogP contribution in [0, 0.1) is 0 Å². The van der Waals surface area contributed by atoms with Crippen LogP contribution in [0.3, 0.4) is 0 Å². The summed E-state index contributed by atoms with van der Waals surface area (Å²) in [7, 11) is 0. The van der Waals surface area contributed by atoms with Crippen LogP contribution < -0.4 is 5.32 Å². The fourth-order valence-corrected chi connectivity index (χ4v) is 3.46. The van der Waals surface area contributed by atoms with E-state index in [0.717, 1.165) is 22.6 Å². The maximum absolute atomic E-state index is 4.22. The quantitative estimate of drug-likeness (QED) is 0.820. The number of rotatable bonds is 6. The standard InChI is InChI=1S/C14H18BrN3S/c1-3-6-16-10(2)12-5-4-11(9-13(12)15)19-14-17-7-8-18-14/h4-5,7-10,16H,3,6H2,1-2H3,(H,17,18). The molecule has 19 heavy (non-hydrogen) atoms. The lowest BCUT2D eigenvalue weighted by molar-refractivity contribution is 0.568. The lowest BCUT2D eigenvalue weighted by Gasteiger charge is -2.16. The Morgan fingerprint density at radius 1 is 1.47 bits per heavy atom. The fraction of sp³-hybridized carbons (Fsp3) is 0.357. The average molecular weight is 340 g/mol. The molecule has 0 saturated carbocycles. The summed E-state index contributed by atoms with van der Waals surface area (Å²) in [5.74, 6) is 0. The predicted molar refractivity (Wildman–Crippen MR) is 83.6 cm³/mol. The van der Waals surface area contributed by atoms with E-state index >= 15 is 0 Å². The maximum Gasteiger partial charge on any atom is 0.170 e. The van der Waals surface area contributed by atoms with Crippen LogP contribution in [0.2, 0.25) is 0 Å². The van der Waals surface area contributed by atoms with Crippen molar-refractivity contribution >= 4 is 27.7 Å². The van der Waals surface area contributed by atoms with Gasteiger partial charge in [0.25, 0.3) is 0 Å². The number of benzene rings is 1. The first-order valence-electron chi connectivity index (χ1n) is 6.40. The van der Waals surface area contributed by atoms with Crippen molar-refractivity contribution in [1.29, 1.82) is 0 Å². The number of aromatic amines is 1. The number of nitrogens with one attached hydrogen (secondary N) is 2. The van der Waals surface area contributed by atoms with Crippen molar-refractivity contribution in [3.8, 4) is 0 Å². The van der Waals surface area contributed by atoms with Crippen LogP contribution >= 0.6 is 27.7 Å². The van der Waals surface area contributed by atoms with Gasteiger partial charge in [-0.05, 0) is 37.6 Å². The lowest BCUT2D eigenvalue weighted by Crippen LogP contribution is -2.19. The highest BCUT2D eigenvalue weighted by Crippen LogP contribution is 2.31. The molecule has 0 spiro atoms. The predicted octanol–water partition coefficient (Wildman–Crippen LogP) is 4.38. The van der Waals surface area contributed by atoms with Crippen molar-refractivity contribution in [2.24, 2.45) is 0 Å². The SMILES string of the molecule is CCCNC(C)c1ccc(Sc2ncc[nH]2)cc1Br. The molecule has 0 amide bonds. The molecule has 3 nitrogen and oxygen atoms in total. The molecule has 2 rings (SSSR count). The Balaban J connectivity index is 2.08. The van der Waals surface area contributed by atoms with E-state index in [9.17, 15) is 0 Å². The van der Waals surface area contributed by atoms with Gasteiger partial charge in [-0.15, -0.1) is 0 Å². The van der Waals surface area contributed by atoms with Crippen LogP contribution in [0.5, 0.6) is 0 Å². The van der Waals surface area contributed by atoms with Crippen LogP contribution in [-0.4, -0.2) is 16.5 Å². The Hall–Kier alpha value is -0.780. The minimum Gasteiger partial charge on any atom is -0.339 e. The molecule has 0 saturated heterocycles. The molecule has 1 heterocycles. The van der Waals surface area contributed by atoms with Gasteiger partial charge in [0.15, 0.2) is 5.16 Å². The van der Waals surface area contributed by atoms with Gasteiger partial charge in [0.1, 0.15) is 0 Å². The molecule has 1 aromatic heterocycles. The van der Waals surface area contributed by atoms with Crippen LogP contribution in [-0.2, 0) is 0 Å². The summed E-state index contributed by atoms with van der Waals surface area (Å²) in [6.07, 6.45) is 4.75. The molecule has 1 atom stereocenters. The van der Waals surface area contributed by atoms with E-state index in [4.69, 9.17) is 0 Å². The Bertz CT molecular complexity index is 513. The number of halogens is 1. The molecule has 5 heteroatoms. The van der Waals surface area contributed by atoms with Gasteiger partial charge < -0.3 is 10.3 Å². The monoisotopic (exact) mass is 339 g/mol. The van der Waals surface area contributed by atoms with Crippen molar-refractivity contribution in [3.63, 3.8) is 0 Å². The third kappa shape index (κ3) is 4.09. The number of hydrogen-bond donors (Lipinski definition) is 2. The summed E-state index contributed by atoms with van der Waals surface area (Å²) in [6, 6.07) is 6.81. The third-order valence-electron chi connectivity index (χ3n) is 2.83. The fourth-order valence-electron chi connectivity index (χ4n) is 1.81. The summed E-state index contributed by atoms with van der Waals surface area (Å²) in [4.78, 5) is 8.49. The molecule has 0 bridgehead atoms. The molecular weight excluding hydrogens is 322 g/mol. The van der Waals surface area contributed by atoms with E-state index < -0.39 is 0 Å². The highest BCUT2D eigenvalue weighted by Gasteiger charge is 2.10. The van der Waals surface area contributed by atoms with Crippen molar-refractivity contribution in [1.82, 2.24) is 15.3 Å².